The summed E-state index contributed by atoms with van der Waals surface area (Å²) in [5.41, 5.74) is 3.76. The first-order chi connectivity index (χ1) is 10.3. The number of benzene rings is 2. The highest BCUT2D eigenvalue weighted by Crippen LogP contribution is 2.13. The summed E-state index contributed by atoms with van der Waals surface area (Å²) in [7, 11) is 0. The van der Waals surface area contributed by atoms with Gasteiger partial charge in [0, 0.05) is 5.69 Å². The molecule has 0 spiro atoms. The summed E-state index contributed by atoms with van der Waals surface area (Å²) < 4.78 is 0. The van der Waals surface area contributed by atoms with Crippen molar-refractivity contribution in [2.75, 3.05) is 5.32 Å². The number of fused-ring (bicyclic) bond motifs is 1. The van der Waals surface area contributed by atoms with E-state index in [1.54, 1.807) is 0 Å². The van der Waals surface area contributed by atoms with Gasteiger partial charge in [-0.2, -0.15) is 0 Å². The number of aromatic nitrogens is 2. The summed E-state index contributed by atoms with van der Waals surface area (Å²) >= 11 is 0. The second kappa shape index (κ2) is 5.71. The Balaban J connectivity index is 1.86. The van der Waals surface area contributed by atoms with Crippen LogP contribution in [0.4, 0.5) is 5.69 Å². The molecule has 0 saturated heterocycles. The molecule has 1 amide bonds. The van der Waals surface area contributed by atoms with E-state index < -0.39 is 0 Å². The van der Waals surface area contributed by atoms with E-state index in [1.807, 2.05) is 48.5 Å². The lowest BCUT2D eigenvalue weighted by molar-refractivity contribution is 0.102. The van der Waals surface area contributed by atoms with Gasteiger partial charge in [-0.15, -0.1) is 0 Å². The van der Waals surface area contributed by atoms with Crippen LogP contribution in [0, 0.1) is 0 Å². The average molecular weight is 277 g/mol. The molecule has 0 saturated carbocycles. The topological polar surface area (TPSA) is 54.9 Å². The first-order valence-corrected chi connectivity index (χ1v) is 6.88. The Morgan fingerprint density at radius 2 is 1.90 bits per heavy atom. The second-order valence-corrected chi connectivity index (χ2v) is 4.75. The SMILES string of the molecule is CCc1cccc(NC(=O)c2cnc3ccccc3n2)c1. The van der Waals surface area contributed by atoms with Crippen molar-refractivity contribution in [3.8, 4) is 0 Å². The molecule has 21 heavy (non-hydrogen) atoms. The van der Waals surface area contributed by atoms with Gasteiger partial charge in [0.15, 0.2) is 0 Å². The zero-order valence-electron chi connectivity index (χ0n) is 11.7. The molecule has 4 nitrogen and oxygen atoms in total. The Labute approximate surface area is 122 Å². The largest absolute Gasteiger partial charge is 0.321 e. The Morgan fingerprint density at radius 1 is 1.10 bits per heavy atom. The highest BCUT2D eigenvalue weighted by molar-refractivity contribution is 6.03. The maximum atomic E-state index is 12.2. The number of nitrogens with one attached hydrogen (secondary N) is 1. The molecule has 0 unspecified atom stereocenters. The maximum Gasteiger partial charge on any atom is 0.275 e. The molecule has 1 N–H and O–H groups in total. The van der Waals surface area contributed by atoms with Gasteiger partial charge in [-0.25, -0.2) is 4.98 Å². The van der Waals surface area contributed by atoms with Gasteiger partial charge in [0.2, 0.25) is 0 Å². The molecule has 2 aromatic carbocycles. The summed E-state index contributed by atoms with van der Waals surface area (Å²) in [6.45, 7) is 2.08. The third kappa shape index (κ3) is 2.89. The number of anilines is 1. The van der Waals surface area contributed by atoms with Crippen molar-refractivity contribution in [1.29, 1.82) is 0 Å². The maximum absolute atomic E-state index is 12.2. The minimum absolute atomic E-state index is 0.249. The lowest BCUT2D eigenvalue weighted by Gasteiger charge is -2.06. The van der Waals surface area contributed by atoms with Crippen molar-refractivity contribution in [2.24, 2.45) is 0 Å². The predicted molar refractivity (Wildman–Crippen MR) is 83.3 cm³/mol. The van der Waals surface area contributed by atoms with Crippen molar-refractivity contribution in [3.05, 3.63) is 66.0 Å². The Kier molecular flexibility index (Phi) is 3.60. The highest BCUT2D eigenvalue weighted by atomic mass is 16.1. The summed E-state index contributed by atoms with van der Waals surface area (Å²) in [4.78, 5) is 20.8. The number of carbonyl (C=O) groups excluding carboxylic acids is 1. The van der Waals surface area contributed by atoms with E-state index in [-0.39, 0.29) is 5.91 Å². The molecule has 0 fully saturated rings. The van der Waals surface area contributed by atoms with E-state index in [0.29, 0.717) is 11.2 Å². The molecule has 0 radical (unpaired) electrons. The van der Waals surface area contributed by atoms with Crippen molar-refractivity contribution in [3.63, 3.8) is 0 Å². The van der Waals surface area contributed by atoms with Crippen LogP contribution in [0.25, 0.3) is 11.0 Å². The molecule has 0 aliphatic rings. The molecule has 0 aliphatic carbocycles. The van der Waals surface area contributed by atoms with Crippen LogP contribution in [0.3, 0.4) is 0 Å². The van der Waals surface area contributed by atoms with Crippen LogP contribution in [0.5, 0.6) is 0 Å². The van der Waals surface area contributed by atoms with E-state index >= 15 is 0 Å². The zero-order valence-corrected chi connectivity index (χ0v) is 11.7. The molecular formula is C17H15N3O. The van der Waals surface area contributed by atoms with E-state index in [4.69, 9.17) is 0 Å². The van der Waals surface area contributed by atoms with E-state index in [0.717, 1.165) is 17.6 Å². The number of hydrogen-bond donors (Lipinski definition) is 1. The second-order valence-electron chi connectivity index (χ2n) is 4.75. The van der Waals surface area contributed by atoms with Crippen molar-refractivity contribution >= 4 is 22.6 Å². The van der Waals surface area contributed by atoms with Gasteiger partial charge in [-0.1, -0.05) is 31.2 Å². The average Bonchev–Trinajstić information content (AvgIpc) is 2.54. The van der Waals surface area contributed by atoms with Crippen LogP contribution in [-0.2, 0) is 6.42 Å². The number of aryl methyl sites for hydroxylation is 1. The lowest BCUT2D eigenvalue weighted by Crippen LogP contribution is -2.14. The fourth-order valence-corrected chi connectivity index (χ4v) is 2.13. The van der Waals surface area contributed by atoms with E-state index in [9.17, 15) is 4.79 Å². The van der Waals surface area contributed by atoms with Gasteiger partial charge in [-0.3, -0.25) is 9.78 Å². The van der Waals surface area contributed by atoms with Gasteiger partial charge in [-0.05, 0) is 36.2 Å². The number of para-hydroxylation sites is 2. The summed E-state index contributed by atoms with van der Waals surface area (Å²) in [6, 6.07) is 15.3. The molecule has 1 aromatic heterocycles. The highest BCUT2D eigenvalue weighted by Gasteiger charge is 2.09. The fraction of sp³-hybridized carbons (Fsp3) is 0.118. The van der Waals surface area contributed by atoms with E-state index in [1.165, 1.54) is 11.8 Å². The summed E-state index contributed by atoms with van der Waals surface area (Å²) in [6.07, 6.45) is 2.43. The quantitative estimate of drug-likeness (QED) is 0.797. The minimum atomic E-state index is -0.249. The van der Waals surface area contributed by atoms with E-state index in [2.05, 4.69) is 22.2 Å². The monoisotopic (exact) mass is 277 g/mol. The van der Waals surface area contributed by atoms with Crippen LogP contribution in [0.1, 0.15) is 23.0 Å². The molecular weight excluding hydrogens is 262 g/mol. The van der Waals surface area contributed by atoms with Crippen LogP contribution in [0.2, 0.25) is 0 Å². The van der Waals surface area contributed by atoms with Gasteiger partial charge < -0.3 is 5.32 Å². The van der Waals surface area contributed by atoms with Crippen LogP contribution in [0.15, 0.2) is 54.7 Å². The third-order valence-electron chi connectivity index (χ3n) is 3.27. The molecule has 3 aromatic rings. The van der Waals surface area contributed by atoms with Gasteiger partial charge in [0.05, 0.1) is 17.2 Å². The summed E-state index contributed by atoms with van der Waals surface area (Å²) in [5, 5.41) is 2.86. The molecule has 3 rings (SSSR count). The van der Waals surface area contributed by atoms with Crippen molar-refractivity contribution in [1.82, 2.24) is 9.97 Å². The first-order valence-electron chi connectivity index (χ1n) is 6.88. The van der Waals surface area contributed by atoms with Crippen molar-refractivity contribution < 1.29 is 4.79 Å². The number of rotatable bonds is 3. The standard InChI is InChI=1S/C17H15N3O/c1-2-12-6-5-7-13(10-12)19-17(21)16-11-18-14-8-3-4-9-15(14)20-16/h3-11H,2H2,1H3,(H,19,21). The third-order valence-corrected chi connectivity index (χ3v) is 3.27. The molecule has 1 heterocycles. The predicted octanol–water partition coefficient (Wildman–Crippen LogP) is 3.44. The molecule has 0 atom stereocenters. The van der Waals surface area contributed by atoms with Crippen LogP contribution >= 0.6 is 0 Å². The number of nitrogens with zero attached hydrogens (tertiary/aromatic N) is 2. The lowest BCUT2D eigenvalue weighted by atomic mass is 10.1. The van der Waals surface area contributed by atoms with Gasteiger partial charge >= 0.3 is 0 Å². The van der Waals surface area contributed by atoms with Crippen molar-refractivity contribution in [2.45, 2.75) is 13.3 Å². The smallest absolute Gasteiger partial charge is 0.275 e. The minimum Gasteiger partial charge on any atom is -0.321 e. The fourth-order valence-electron chi connectivity index (χ4n) is 2.13. The number of carbonyl (C=O) groups is 1. The Bertz CT molecular complexity index is 799. The van der Waals surface area contributed by atoms with Crippen LogP contribution < -0.4 is 5.32 Å². The Hall–Kier alpha value is -2.75. The zero-order chi connectivity index (χ0) is 14.7. The van der Waals surface area contributed by atoms with Crippen LogP contribution in [-0.4, -0.2) is 15.9 Å². The number of hydrogen-bond acceptors (Lipinski definition) is 3. The molecule has 0 aliphatic heterocycles. The molecule has 104 valence electrons. The van der Waals surface area contributed by atoms with Gasteiger partial charge in [0.1, 0.15) is 5.69 Å². The molecule has 0 bridgehead atoms. The first kappa shape index (κ1) is 13.2. The van der Waals surface area contributed by atoms with Gasteiger partial charge in [0.25, 0.3) is 5.91 Å². The number of amides is 1. The normalized spacial score (nSPS) is 10.5. The summed E-state index contributed by atoms with van der Waals surface area (Å²) in [5.74, 6) is -0.249. The Morgan fingerprint density at radius 3 is 2.71 bits per heavy atom. The molecule has 4 heteroatoms.